The molecule has 1 aromatic rings. The molecule has 4 nitrogen and oxygen atoms in total. The highest BCUT2D eigenvalue weighted by Gasteiger charge is 2.26. The van der Waals surface area contributed by atoms with E-state index in [2.05, 4.69) is 46.2 Å². The van der Waals surface area contributed by atoms with Gasteiger partial charge in [0.15, 0.2) is 0 Å². The van der Waals surface area contributed by atoms with Gasteiger partial charge in [-0.25, -0.2) is 4.99 Å². The maximum Gasteiger partial charge on any atom is 0.303 e. The van der Waals surface area contributed by atoms with Crippen LogP contribution in [0.25, 0.3) is 0 Å². The third-order valence-corrected chi connectivity index (χ3v) is 8.94. The van der Waals surface area contributed by atoms with Crippen molar-refractivity contribution in [2.45, 2.75) is 117 Å². The molecule has 0 aliphatic carbocycles. The monoisotopic (exact) mass is 598 g/mol. The zero-order valence-electron chi connectivity index (χ0n) is 25.0. The molecule has 0 amide bonds. The summed E-state index contributed by atoms with van der Waals surface area (Å²) < 4.78 is 0. The summed E-state index contributed by atoms with van der Waals surface area (Å²) in [5, 5.41) is 10.8. The summed E-state index contributed by atoms with van der Waals surface area (Å²) in [5.74, 6) is 0.0515. The Morgan fingerprint density at radius 1 is 1.05 bits per heavy atom. The van der Waals surface area contributed by atoms with E-state index in [0.717, 1.165) is 67.0 Å². The fourth-order valence-corrected chi connectivity index (χ4v) is 5.64. The van der Waals surface area contributed by atoms with Crippen LogP contribution in [-0.4, -0.2) is 22.7 Å². The molecular weight excluding hydrogens is 547 g/mol. The van der Waals surface area contributed by atoms with Crippen LogP contribution in [0.15, 0.2) is 47.1 Å². The second kappa shape index (κ2) is 22.4. The lowest BCUT2D eigenvalue weighted by molar-refractivity contribution is -0.137. The van der Waals surface area contributed by atoms with Gasteiger partial charge in [0, 0.05) is 18.4 Å². The number of carboxylic acids is 1. The molecule has 0 aromatic heterocycles. The molecule has 39 heavy (non-hydrogen) atoms. The number of unbranched alkanes of at least 4 members (excludes halogenated alkanes) is 3. The number of carbonyl (C=O) groups is 1. The van der Waals surface area contributed by atoms with Crippen molar-refractivity contribution in [3.8, 4) is 0 Å². The van der Waals surface area contributed by atoms with Gasteiger partial charge in [0.1, 0.15) is 0 Å². The Kier molecular flexibility index (Phi) is 21.7. The van der Waals surface area contributed by atoms with Gasteiger partial charge in [0.25, 0.3) is 0 Å². The topological polar surface area (TPSA) is 75.7 Å². The van der Waals surface area contributed by atoms with Gasteiger partial charge in [-0.3, -0.25) is 4.79 Å². The van der Waals surface area contributed by atoms with E-state index in [4.69, 9.17) is 34.0 Å². The number of hydrogen-bond acceptors (Lipinski definition) is 4. The van der Waals surface area contributed by atoms with Crippen molar-refractivity contribution in [1.82, 2.24) is 0 Å². The van der Waals surface area contributed by atoms with E-state index in [1.54, 1.807) is 17.8 Å². The molecule has 0 bridgehead atoms. The molecule has 1 aromatic carbocycles. The maximum absolute atomic E-state index is 10.4. The summed E-state index contributed by atoms with van der Waals surface area (Å²) in [6.07, 6.45) is 14.3. The van der Waals surface area contributed by atoms with Crippen molar-refractivity contribution in [2.24, 2.45) is 16.1 Å². The van der Waals surface area contributed by atoms with E-state index in [1.807, 2.05) is 18.3 Å². The van der Waals surface area contributed by atoms with Crippen molar-refractivity contribution >= 4 is 46.0 Å². The first kappa shape index (κ1) is 37.7. The second-order valence-electron chi connectivity index (χ2n) is 10.2. The van der Waals surface area contributed by atoms with E-state index in [9.17, 15) is 4.79 Å². The number of nitrogens with two attached hydrogens (primary N) is 1. The fraction of sp³-hybridized carbons (Fsp3) is 0.625. The molecule has 0 radical (unpaired) electrons. The standard InChI is InChI=1S/C17H21Cl2NS.C15H31NO2/c1-5-12(3)10-20-17(13(4)6-2)21-11-14-8-7-9-15(18)16(14)19;1-3-5-11-15(13-16,10-4-2)12-8-6-7-9-14(17)18/h7-10H,4-6,11H2,1-3H3;3-13,16H2,1-2H3,(H,17,18)/b12-10-,20-17?;. The normalized spacial score (nSPS) is 13.4. The maximum atomic E-state index is 10.4. The average Bonchev–Trinajstić information content (AvgIpc) is 2.93. The predicted octanol–water partition coefficient (Wildman–Crippen LogP) is 10.9. The van der Waals surface area contributed by atoms with Crippen molar-refractivity contribution in [3.63, 3.8) is 0 Å². The summed E-state index contributed by atoms with van der Waals surface area (Å²) in [7, 11) is 0. The molecular formula is C32H52Cl2N2O2S. The number of aliphatic imine (C=N–C) groups is 1. The van der Waals surface area contributed by atoms with Gasteiger partial charge in [0.05, 0.1) is 15.1 Å². The number of thioether (sulfide) groups is 1. The largest absolute Gasteiger partial charge is 0.481 e. The molecule has 1 atom stereocenters. The number of benzene rings is 1. The highest BCUT2D eigenvalue weighted by Crippen LogP contribution is 2.35. The van der Waals surface area contributed by atoms with E-state index < -0.39 is 5.97 Å². The first-order chi connectivity index (χ1) is 18.6. The lowest BCUT2D eigenvalue weighted by Crippen LogP contribution is -2.30. The molecule has 1 rings (SSSR count). The van der Waals surface area contributed by atoms with Crippen molar-refractivity contribution in [2.75, 3.05) is 6.54 Å². The highest BCUT2D eigenvalue weighted by atomic mass is 35.5. The molecule has 1 unspecified atom stereocenters. The van der Waals surface area contributed by atoms with Gasteiger partial charge in [-0.2, -0.15) is 0 Å². The SMILES string of the molecule is C=C(CC)C(=N/C=C(/C)CC)SCc1cccc(Cl)c1Cl.CCCCC(CN)(CCC)CCCCCC(=O)O. The number of nitrogens with zero attached hydrogens (tertiary/aromatic N) is 1. The molecule has 7 heteroatoms. The molecule has 0 saturated carbocycles. The van der Waals surface area contributed by atoms with Crippen molar-refractivity contribution < 1.29 is 9.90 Å². The second-order valence-corrected chi connectivity index (χ2v) is 12.0. The Hall–Kier alpha value is -1.27. The predicted molar refractivity (Wildman–Crippen MR) is 175 cm³/mol. The molecule has 0 saturated heterocycles. The lowest BCUT2D eigenvalue weighted by atomic mass is 9.75. The molecule has 0 fully saturated rings. The Morgan fingerprint density at radius 3 is 2.31 bits per heavy atom. The minimum absolute atomic E-state index is 0.304. The van der Waals surface area contributed by atoms with E-state index >= 15 is 0 Å². The van der Waals surface area contributed by atoms with Crippen LogP contribution in [0, 0.1) is 5.41 Å². The number of rotatable bonds is 18. The molecule has 222 valence electrons. The van der Waals surface area contributed by atoms with Crippen LogP contribution in [0.4, 0.5) is 0 Å². The third kappa shape index (κ3) is 16.6. The average molecular weight is 600 g/mol. The zero-order valence-corrected chi connectivity index (χ0v) is 27.3. The molecule has 0 spiro atoms. The van der Waals surface area contributed by atoms with E-state index in [1.165, 1.54) is 37.7 Å². The Labute approximate surface area is 252 Å². The van der Waals surface area contributed by atoms with Crippen molar-refractivity contribution in [1.29, 1.82) is 0 Å². The van der Waals surface area contributed by atoms with Crippen LogP contribution < -0.4 is 5.73 Å². The molecule has 3 N–H and O–H groups in total. The smallest absolute Gasteiger partial charge is 0.303 e. The first-order valence-electron chi connectivity index (χ1n) is 14.5. The Bertz CT molecular complexity index is 917. The summed E-state index contributed by atoms with van der Waals surface area (Å²) in [5.41, 5.74) is 9.62. The van der Waals surface area contributed by atoms with Crippen LogP contribution in [0.5, 0.6) is 0 Å². The zero-order chi connectivity index (χ0) is 29.7. The summed E-state index contributed by atoms with van der Waals surface area (Å²) in [4.78, 5) is 15.0. The van der Waals surface area contributed by atoms with Gasteiger partial charge >= 0.3 is 5.97 Å². The van der Waals surface area contributed by atoms with Gasteiger partial charge in [-0.1, -0.05) is 107 Å². The third-order valence-electron chi connectivity index (χ3n) is 6.96. The first-order valence-corrected chi connectivity index (χ1v) is 16.2. The van der Waals surface area contributed by atoms with Crippen LogP contribution in [0.1, 0.15) is 117 Å². The molecule has 0 heterocycles. The minimum Gasteiger partial charge on any atom is -0.481 e. The van der Waals surface area contributed by atoms with E-state index in [0.29, 0.717) is 21.9 Å². The van der Waals surface area contributed by atoms with Gasteiger partial charge in [0.2, 0.25) is 0 Å². The summed E-state index contributed by atoms with van der Waals surface area (Å²) >= 11 is 13.9. The molecule has 0 aliphatic rings. The molecule has 0 aliphatic heterocycles. The number of carboxylic acid groups (broad SMARTS) is 1. The quantitative estimate of drug-likeness (QED) is 0.1000. The summed E-state index contributed by atoms with van der Waals surface area (Å²) in [6.45, 7) is 15.6. The van der Waals surface area contributed by atoms with E-state index in [-0.39, 0.29) is 0 Å². The van der Waals surface area contributed by atoms with Crippen LogP contribution in [-0.2, 0) is 10.5 Å². The van der Waals surface area contributed by atoms with Crippen LogP contribution in [0.3, 0.4) is 0 Å². The minimum atomic E-state index is -0.681. The van der Waals surface area contributed by atoms with Gasteiger partial charge in [-0.05, 0) is 74.6 Å². The van der Waals surface area contributed by atoms with Gasteiger partial charge in [-0.15, -0.1) is 11.8 Å². The number of aliphatic carboxylic acids is 1. The van der Waals surface area contributed by atoms with Crippen LogP contribution in [0.2, 0.25) is 10.0 Å². The van der Waals surface area contributed by atoms with Crippen molar-refractivity contribution in [3.05, 3.63) is 57.7 Å². The Morgan fingerprint density at radius 2 is 1.74 bits per heavy atom. The number of halogens is 2. The Balaban J connectivity index is 0.000000751. The van der Waals surface area contributed by atoms with Crippen LogP contribution >= 0.6 is 35.0 Å². The lowest BCUT2D eigenvalue weighted by Gasteiger charge is -2.32. The highest BCUT2D eigenvalue weighted by molar-refractivity contribution is 8.13. The van der Waals surface area contributed by atoms with Gasteiger partial charge < -0.3 is 10.8 Å². The number of allylic oxidation sites excluding steroid dienone is 1. The summed E-state index contributed by atoms with van der Waals surface area (Å²) in [6, 6.07) is 5.70. The fourth-order valence-electron chi connectivity index (χ4n) is 4.16. The number of hydrogen-bond donors (Lipinski definition) is 2.